The minimum Gasteiger partial charge on any atom is -0.384 e. The van der Waals surface area contributed by atoms with Crippen LogP contribution in [-0.2, 0) is 9.53 Å². The maximum absolute atomic E-state index is 13.2. The second kappa shape index (κ2) is 9.34. The Balaban J connectivity index is 0.00000261. The number of anilines is 1. The molecule has 1 amide bonds. The number of ether oxygens (including phenoxy) is 1. The zero-order valence-corrected chi connectivity index (χ0v) is 16.4. The summed E-state index contributed by atoms with van der Waals surface area (Å²) in [5.41, 5.74) is 0.292. The van der Waals surface area contributed by atoms with Crippen LogP contribution < -0.4 is 10.2 Å². The van der Waals surface area contributed by atoms with Crippen molar-refractivity contribution < 1.29 is 14.5 Å². The Morgan fingerprint density at radius 1 is 1.22 bits per heavy atom. The molecule has 2 saturated heterocycles. The molecule has 150 valence electrons. The zero-order chi connectivity index (χ0) is 18.6. The zero-order valence-electron chi connectivity index (χ0n) is 15.6. The first-order valence-corrected chi connectivity index (χ1v) is 9.05. The van der Waals surface area contributed by atoms with Gasteiger partial charge in [0.15, 0.2) is 0 Å². The van der Waals surface area contributed by atoms with Crippen LogP contribution in [0.1, 0.15) is 12.8 Å². The summed E-state index contributed by atoms with van der Waals surface area (Å²) in [6, 6.07) is 6.78. The molecule has 0 radical (unpaired) electrons. The molecule has 0 aromatic heterocycles. The van der Waals surface area contributed by atoms with Crippen LogP contribution in [0.15, 0.2) is 24.3 Å². The standard InChI is InChI=1S/C18H26N4O4.ClH/c1-26-14-18(6-8-19-9-7-18)17(23)21-12-10-20(11-13-21)15-4-2-3-5-16(15)22(24)25;/h2-5,19H,6-14H2,1H3;1H. The summed E-state index contributed by atoms with van der Waals surface area (Å²) in [4.78, 5) is 28.0. The SMILES string of the molecule is COCC1(C(=O)N2CCN(c3ccccc3[N+](=O)[O-])CC2)CCNCC1.Cl. The summed E-state index contributed by atoms with van der Waals surface area (Å²) in [7, 11) is 1.64. The second-order valence-corrected chi connectivity index (χ2v) is 6.99. The lowest BCUT2D eigenvalue weighted by Gasteiger charge is -2.43. The molecule has 2 aliphatic heterocycles. The molecule has 0 atom stereocenters. The highest BCUT2D eigenvalue weighted by molar-refractivity contribution is 5.85. The Labute approximate surface area is 165 Å². The number of hydrogen-bond acceptors (Lipinski definition) is 6. The summed E-state index contributed by atoms with van der Waals surface area (Å²) in [6.45, 7) is 4.43. The number of rotatable bonds is 5. The Bertz CT molecular complexity index is 653. The van der Waals surface area contributed by atoms with Gasteiger partial charge in [-0.1, -0.05) is 12.1 Å². The van der Waals surface area contributed by atoms with Crippen molar-refractivity contribution in [2.24, 2.45) is 5.41 Å². The second-order valence-electron chi connectivity index (χ2n) is 6.99. The molecule has 3 rings (SSSR count). The first-order valence-electron chi connectivity index (χ1n) is 9.05. The van der Waals surface area contributed by atoms with E-state index in [1.165, 1.54) is 6.07 Å². The maximum atomic E-state index is 13.2. The Morgan fingerprint density at radius 3 is 2.44 bits per heavy atom. The third kappa shape index (κ3) is 4.51. The number of amides is 1. The summed E-state index contributed by atoms with van der Waals surface area (Å²) < 4.78 is 5.37. The van der Waals surface area contributed by atoms with Crippen molar-refractivity contribution in [3.8, 4) is 0 Å². The minimum atomic E-state index is -0.444. The molecule has 2 aliphatic rings. The number of carbonyl (C=O) groups excluding carboxylic acids is 1. The van der Waals surface area contributed by atoms with Crippen LogP contribution in [0.2, 0.25) is 0 Å². The summed E-state index contributed by atoms with van der Waals surface area (Å²) >= 11 is 0. The van der Waals surface area contributed by atoms with E-state index in [1.54, 1.807) is 19.2 Å². The molecule has 8 nitrogen and oxygen atoms in total. The summed E-state index contributed by atoms with van der Waals surface area (Å²) in [5.74, 6) is 0.156. The topological polar surface area (TPSA) is 88.0 Å². The van der Waals surface area contributed by atoms with Gasteiger partial charge in [0.2, 0.25) is 5.91 Å². The van der Waals surface area contributed by atoms with Gasteiger partial charge < -0.3 is 19.9 Å². The van der Waals surface area contributed by atoms with Gasteiger partial charge in [-0.15, -0.1) is 12.4 Å². The van der Waals surface area contributed by atoms with Crippen molar-refractivity contribution in [1.29, 1.82) is 0 Å². The average molecular weight is 399 g/mol. The molecule has 0 saturated carbocycles. The molecule has 1 N–H and O–H groups in total. The largest absolute Gasteiger partial charge is 0.384 e. The molecule has 1 aromatic rings. The molecule has 27 heavy (non-hydrogen) atoms. The van der Waals surface area contributed by atoms with Crippen LogP contribution in [-0.4, -0.2) is 68.7 Å². The first-order chi connectivity index (χ1) is 12.6. The van der Waals surface area contributed by atoms with E-state index in [9.17, 15) is 14.9 Å². The number of methoxy groups -OCH3 is 1. The van der Waals surface area contributed by atoms with E-state index in [0.29, 0.717) is 38.5 Å². The maximum Gasteiger partial charge on any atom is 0.292 e. The first kappa shape index (κ1) is 21.4. The molecule has 0 aliphatic carbocycles. The van der Waals surface area contributed by atoms with Gasteiger partial charge in [0, 0.05) is 39.4 Å². The Hall–Kier alpha value is -1.90. The number of benzene rings is 1. The third-order valence-electron chi connectivity index (χ3n) is 5.42. The van der Waals surface area contributed by atoms with Crippen LogP contribution in [0.25, 0.3) is 0 Å². The highest BCUT2D eigenvalue weighted by atomic mass is 35.5. The summed E-state index contributed by atoms with van der Waals surface area (Å²) in [5, 5.41) is 14.6. The fourth-order valence-electron chi connectivity index (χ4n) is 3.97. The van der Waals surface area contributed by atoms with Gasteiger partial charge in [-0.05, 0) is 32.0 Å². The normalized spacial score (nSPS) is 19.3. The van der Waals surface area contributed by atoms with Gasteiger partial charge in [-0.25, -0.2) is 0 Å². The average Bonchev–Trinajstić information content (AvgIpc) is 2.68. The van der Waals surface area contributed by atoms with Crippen LogP contribution in [0.5, 0.6) is 0 Å². The van der Waals surface area contributed by atoms with E-state index in [-0.39, 0.29) is 28.9 Å². The fourth-order valence-corrected chi connectivity index (χ4v) is 3.97. The predicted molar refractivity (Wildman–Crippen MR) is 106 cm³/mol. The highest BCUT2D eigenvalue weighted by Gasteiger charge is 2.43. The number of carbonyl (C=O) groups is 1. The number of nitro benzene ring substituents is 1. The van der Waals surface area contributed by atoms with E-state index >= 15 is 0 Å². The van der Waals surface area contributed by atoms with Crippen molar-refractivity contribution in [3.63, 3.8) is 0 Å². The molecule has 0 spiro atoms. The number of piperidine rings is 1. The number of nitrogens with zero attached hydrogens (tertiary/aromatic N) is 3. The van der Waals surface area contributed by atoms with E-state index in [2.05, 4.69) is 5.32 Å². The minimum absolute atomic E-state index is 0. The van der Waals surface area contributed by atoms with E-state index in [1.807, 2.05) is 15.9 Å². The van der Waals surface area contributed by atoms with E-state index in [0.717, 1.165) is 25.9 Å². The quantitative estimate of drug-likeness (QED) is 0.599. The van der Waals surface area contributed by atoms with Crippen LogP contribution in [0.3, 0.4) is 0 Å². The molecule has 9 heteroatoms. The summed E-state index contributed by atoms with van der Waals surface area (Å²) in [6.07, 6.45) is 1.56. The van der Waals surface area contributed by atoms with Gasteiger partial charge in [0.1, 0.15) is 5.69 Å². The molecule has 1 aromatic carbocycles. The number of nitro groups is 1. The Kier molecular flexibility index (Phi) is 7.41. The van der Waals surface area contributed by atoms with E-state index < -0.39 is 5.41 Å². The van der Waals surface area contributed by atoms with Crippen molar-refractivity contribution in [1.82, 2.24) is 10.2 Å². The number of halogens is 1. The third-order valence-corrected chi connectivity index (χ3v) is 5.42. The lowest BCUT2D eigenvalue weighted by atomic mass is 9.78. The van der Waals surface area contributed by atoms with Crippen molar-refractivity contribution in [3.05, 3.63) is 34.4 Å². The Morgan fingerprint density at radius 2 is 1.85 bits per heavy atom. The lowest BCUT2D eigenvalue weighted by molar-refractivity contribution is -0.384. The molecular formula is C18H27ClN4O4. The van der Waals surface area contributed by atoms with Gasteiger partial charge in [0.25, 0.3) is 5.69 Å². The van der Waals surface area contributed by atoms with Crippen molar-refractivity contribution in [2.45, 2.75) is 12.8 Å². The molecule has 2 fully saturated rings. The number of nitrogens with one attached hydrogen (secondary N) is 1. The molecule has 2 heterocycles. The molecule has 0 unspecified atom stereocenters. The fraction of sp³-hybridized carbons (Fsp3) is 0.611. The van der Waals surface area contributed by atoms with Gasteiger partial charge >= 0.3 is 0 Å². The predicted octanol–water partition coefficient (Wildman–Crippen LogP) is 1.68. The number of para-hydroxylation sites is 2. The smallest absolute Gasteiger partial charge is 0.292 e. The highest BCUT2D eigenvalue weighted by Crippen LogP contribution is 2.33. The van der Waals surface area contributed by atoms with E-state index in [4.69, 9.17) is 4.74 Å². The molecule has 0 bridgehead atoms. The lowest BCUT2D eigenvalue weighted by Crippen LogP contribution is -2.56. The van der Waals surface area contributed by atoms with Crippen LogP contribution in [0.4, 0.5) is 11.4 Å². The monoisotopic (exact) mass is 398 g/mol. The number of hydrogen-bond donors (Lipinski definition) is 1. The van der Waals surface area contributed by atoms with Crippen molar-refractivity contribution in [2.75, 3.05) is 57.9 Å². The van der Waals surface area contributed by atoms with Crippen molar-refractivity contribution >= 4 is 29.7 Å². The molecular weight excluding hydrogens is 372 g/mol. The van der Waals surface area contributed by atoms with Gasteiger partial charge in [0.05, 0.1) is 16.9 Å². The van der Waals surface area contributed by atoms with Gasteiger partial charge in [-0.3, -0.25) is 14.9 Å². The number of piperazine rings is 1. The van der Waals surface area contributed by atoms with Gasteiger partial charge in [-0.2, -0.15) is 0 Å². The van der Waals surface area contributed by atoms with Crippen LogP contribution >= 0.6 is 12.4 Å². The van der Waals surface area contributed by atoms with Crippen LogP contribution in [0, 0.1) is 15.5 Å².